The number of hydrogen-bond donors (Lipinski definition) is 3. The summed E-state index contributed by atoms with van der Waals surface area (Å²) in [5.74, 6) is -1.31. The largest absolute Gasteiger partial charge is 0.506 e. The maximum absolute atomic E-state index is 15.1. The second kappa shape index (κ2) is 6.79. The number of aromatic hydroxyl groups is 1. The molecule has 2 aliphatic carbocycles. The normalized spacial score (nSPS) is 24.6. The van der Waals surface area contributed by atoms with Crippen LogP contribution in [-0.2, 0) is 15.0 Å². The van der Waals surface area contributed by atoms with Crippen LogP contribution >= 0.6 is 0 Å². The third-order valence-corrected chi connectivity index (χ3v) is 6.69. The summed E-state index contributed by atoms with van der Waals surface area (Å²) in [7, 11) is -4.20. The fraction of sp³-hybridized carbons (Fsp3) is 0.500. The zero-order chi connectivity index (χ0) is 19.2. The molecule has 1 atom stereocenters. The predicted molar refractivity (Wildman–Crippen MR) is 98.8 cm³/mol. The summed E-state index contributed by atoms with van der Waals surface area (Å²) in [4.78, 5) is 11.4. The third-order valence-electron chi connectivity index (χ3n) is 5.31. The summed E-state index contributed by atoms with van der Waals surface area (Å²) < 4.78 is 41.6. The van der Waals surface area contributed by atoms with Crippen LogP contribution in [0.1, 0.15) is 37.7 Å². The lowest BCUT2D eigenvalue weighted by Crippen LogP contribution is -2.32. The van der Waals surface area contributed by atoms with Crippen molar-refractivity contribution in [3.05, 3.63) is 29.6 Å². The standard InChI is InChI=1S/C18H22FN3O4S/c19-17-14(12-3-5-13(6-4-12)20-9-11-1-2-11)7-8-15(23)18(17)22-10-16(24)21-27(22,25)26/h3,7-8,11,13,20,23H,1-2,4-6,9-10H2,(H,21,24). The molecule has 1 aliphatic heterocycles. The van der Waals surface area contributed by atoms with Crippen LogP contribution in [0.3, 0.4) is 0 Å². The lowest BCUT2D eigenvalue weighted by atomic mass is 9.90. The van der Waals surface area contributed by atoms with Crippen molar-refractivity contribution < 1.29 is 22.7 Å². The highest BCUT2D eigenvalue weighted by molar-refractivity contribution is 7.92. The smallest absolute Gasteiger partial charge is 0.326 e. The van der Waals surface area contributed by atoms with Gasteiger partial charge in [0.15, 0.2) is 5.82 Å². The Morgan fingerprint density at radius 2 is 2.07 bits per heavy atom. The molecule has 27 heavy (non-hydrogen) atoms. The molecule has 1 saturated heterocycles. The molecule has 1 saturated carbocycles. The van der Waals surface area contributed by atoms with Gasteiger partial charge in [-0.2, -0.15) is 8.42 Å². The van der Waals surface area contributed by atoms with Crippen LogP contribution in [-0.4, -0.2) is 38.6 Å². The van der Waals surface area contributed by atoms with Crippen molar-refractivity contribution in [1.82, 2.24) is 10.0 Å². The number of amides is 1. The summed E-state index contributed by atoms with van der Waals surface area (Å²) in [5, 5.41) is 13.6. The number of hydrogen-bond acceptors (Lipinski definition) is 5. The fourth-order valence-electron chi connectivity index (χ4n) is 3.60. The van der Waals surface area contributed by atoms with Gasteiger partial charge in [0.05, 0.1) is 0 Å². The van der Waals surface area contributed by atoms with Crippen molar-refractivity contribution in [1.29, 1.82) is 0 Å². The zero-order valence-electron chi connectivity index (χ0n) is 14.7. The molecule has 9 heteroatoms. The Hall–Kier alpha value is -2.13. The molecule has 3 N–H and O–H groups in total. The van der Waals surface area contributed by atoms with Gasteiger partial charge in [-0.1, -0.05) is 6.08 Å². The molecule has 2 fully saturated rings. The zero-order valence-corrected chi connectivity index (χ0v) is 15.6. The van der Waals surface area contributed by atoms with Crippen LogP contribution < -0.4 is 14.3 Å². The van der Waals surface area contributed by atoms with Crippen molar-refractivity contribution in [3.63, 3.8) is 0 Å². The van der Waals surface area contributed by atoms with E-state index in [9.17, 15) is 18.3 Å². The molecule has 0 spiro atoms. The first-order valence-electron chi connectivity index (χ1n) is 9.12. The maximum Gasteiger partial charge on any atom is 0.326 e. The number of nitrogens with one attached hydrogen (secondary N) is 2. The topological polar surface area (TPSA) is 98.7 Å². The van der Waals surface area contributed by atoms with Crippen molar-refractivity contribution in [3.8, 4) is 5.75 Å². The second-order valence-electron chi connectivity index (χ2n) is 7.38. The molecule has 1 aromatic carbocycles. The van der Waals surface area contributed by atoms with Gasteiger partial charge in [-0.25, -0.2) is 13.4 Å². The first-order valence-corrected chi connectivity index (χ1v) is 10.6. The molecule has 146 valence electrons. The number of rotatable bonds is 5. The highest BCUT2D eigenvalue weighted by Gasteiger charge is 2.38. The molecule has 1 aromatic rings. The number of allylic oxidation sites excluding steroid dienone is 1. The summed E-state index contributed by atoms with van der Waals surface area (Å²) >= 11 is 0. The van der Waals surface area contributed by atoms with Crippen LogP contribution in [0.4, 0.5) is 10.1 Å². The van der Waals surface area contributed by atoms with E-state index < -0.39 is 39.9 Å². The van der Waals surface area contributed by atoms with E-state index in [4.69, 9.17) is 0 Å². The predicted octanol–water partition coefficient (Wildman–Crippen LogP) is 1.65. The molecule has 1 amide bonds. The van der Waals surface area contributed by atoms with Gasteiger partial charge >= 0.3 is 10.2 Å². The number of benzene rings is 1. The van der Waals surface area contributed by atoms with Crippen LogP contribution in [0.2, 0.25) is 0 Å². The van der Waals surface area contributed by atoms with Crippen LogP contribution in [0, 0.1) is 11.7 Å². The Kier molecular flexibility index (Phi) is 4.59. The number of anilines is 1. The molecular formula is C18H22FN3O4S. The summed E-state index contributed by atoms with van der Waals surface area (Å²) in [6, 6.07) is 3.09. The Morgan fingerprint density at radius 1 is 1.30 bits per heavy atom. The molecular weight excluding hydrogens is 373 g/mol. The van der Waals surface area contributed by atoms with Crippen LogP contribution in [0.15, 0.2) is 18.2 Å². The lowest BCUT2D eigenvalue weighted by molar-refractivity contribution is -0.117. The quantitative estimate of drug-likeness (QED) is 0.704. The molecule has 0 radical (unpaired) electrons. The number of phenolic OH excluding ortho intramolecular Hbond substituents is 1. The van der Waals surface area contributed by atoms with E-state index in [-0.39, 0.29) is 5.56 Å². The minimum atomic E-state index is -4.20. The number of carbonyl (C=O) groups is 1. The van der Waals surface area contributed by atoms with E-state index >= 15 is 4.39 Å². The number of phenols is 1. The first kappa shape index (κ1) is 18.2. The van der Waals surface area contributed by atoms with E-state index in [1.54, 1.807) is 4.72 Å². The summed E-state index contributed by atoms with van der Waals surface area (Å²) in [6.45, 7) is 0.474. The van der Waals surface area contributed by atoms with Gasteiger partial charge in [-0.15, -0.1) is 0 Å². The molecule has 3 aliphatic rings. The SMILES string of the molecule is O=C1CN(c2c(O)ccc(C3=CCC(NCC4CC4)CC3)c2F)S(=O)(=O)N1. The highest BCUT2D eigenvalue weighted by Crippen LogP contribution is 2.39. The van der Waals surface area contributed by atoms with Crippen molar-refractivity contribution in [2.75, 3.05) is 17.4 Å². The Bertz CT molecular complexity index is 911. The Morgan fingerprint density at radius 3 is 2.67 bits per heavy atom. The summed E-state index contributed by atoms with van der Waals surface area (Å²) in [5.41, 5.74) is 0.563. The minimum Gasteiger partial charge on any atom is -0.506 e. The minimum absolute atomic E-state index is 0.262. The Labute approximate surface area is 157 Å². The van der Waals surface area contributed by atoms with Gasteiger partial charge in [0.25, 0.3) is 5.91 Å². The third kappa shape index (κ3) is 3.66. The maximum atomic E-state index is 15.1. The van der Waals surface area contributed by atoms with E-state index in [0.29, 0.717) is 16.8 Å². The Balaban J connectivity index is 1.58. The average molecular weight is 395 g/mol. The molecule has 0 aromatic heterocycles. The summed E-state index contributed by atoms with van der Waals surface area (Å²) in [6.07, 6.45) is 6.86. The molecule has 1 heterocycles. The van der Waals surface area contributed by atoms with Crippen molar-refractivity contribution in [2.45, 2.75) is 38.1 Å². The van der Waals surface area contributed by atoms with E-state index in [1.165, 1.54) is 25.0 Å². The monoisotopic (exact) mass is 395 g/mol. The molecule has 0 bridgehead atoms. The van der Waals surface area contributed by atoms with Gasteiger partial charge < -0.3 is 10.4 Å². The molecule has 4 rings (SSSR count). The van der Waals surface area contributed by atoms with Gasteiger partial charge in [-0.3, -0.25) is 4.79 Å². The lowest BCUT2D eigenvalue weighted by Gasteiger charge is -2.25. The van der Waals surface area contributed by atoms with Crippen molar-refractivity contribution >= 4 is 27.4 Å². The van der Waals surface area contributed by atoms with Gasteiger partial charge in [0.1, 0.15) is 18.0 Å². The second-order valence-corrected chi connectivity index (χ2v) is 8.98. The van der Waals surface area contributed by atoms with Crippen molar-refractivity contribution in [2.24, 2.45) is 5.92 Å². The van der Waals surface area contributed by atoms with Gasteiger partial charge in [0, 0.05) is 11.6 Å². The molecule has 7 nitrogen and oxygen atoms in total. The molecule has 1 unspecified atom stereocenters. The fourth-order valence-corrected chi connectivity index (χ4v) is 4.77. The van der Waals surface area contributed by atoms with E-state index in [1.807, 2.05) is 6.08 Å². The van der Waals surface area contributed by atoms with E-state index in [0.717, 1.165) is 30.9 Å². The van der Waals surface area contributed by atoms with E-state index in [2.05, 4.69) is 5.32 Å². The number of carbonyl (C=O) groups excluding carboxylic acids is 1. The van der Waals surface area contributed by atoms with Crippen LogP contribution in [0.25, 0.3) is 5.57 Å². The number of nitrogens with zero attached hydrogens (tertiary/aromatic N) is 1. The number of halogens is 1. The van der Waals surface area contributed by atoms with Gasteiger partial charge in [-0.05, 0) is 62.3 Å². The first-order chi connectivity index (χ1) is 12.8. The highest BCUT2D eigenvalue weighted by atomic mass is 32.2. The van der Waals surface area contributed by atoms with Gasteiger partial charge in [0.2, 0.25) is 0 Å². The van der Waals surface area contributed by atoms with Crippen LogP contribution in [0.5, 0.6) is 5.75 Å². The average Bonchev–Trinajstić information content (AvgIpc) is 3.39.